The van der Waals surface area contributed by atoms with Crippen molar-refractivity contribution in [1.82, 2.24) is 5.01 Å². The van der Waals surface area contributed by atoms with Gasteiger partial charge >= 0.3 is 5.97 Å². The molecule has 0 unspecified atom stereocenters. The first-order valence-corrected chi connectivity index (χ1v) is 9.01. The van der Waals surface area contributed by atoms with Gasteiger partial charge in [-0.3, -0.25) is 14.8 Å². The van der Waals surface area contributed by atoms with Crippen molar-refractivity contribution in [3.8, 4) is 0 Å². The van der Waals surface area contributed by atoms with Crippen LogP contribution in [0.3, 0.4) is 0 Å². The lowest BCUT2D eigenvalue weighted by atomic mass is 10.1. The molecule has 0 N–H and O–H groups in total. The fourth-order valence-electron chi connectivity index (χ4n) is 2.22. The molecule has 0 spiro atoms. The molecule has 0 bridgehead atoms. The normalized spacial score (nSPS) is 13.2. The summed E-state index contributed by atoms with van der Waals surface area (Å²) < 4.78 is 5.15. The van der Waals surface area contributed by atoms with Crippen LogP contribution in [0.1, 0.15) is 41.0 Å². The number of halogens is 1. The van der Waals surface area contributed by atoms with Crippen LogP contribution < -0.4 is 5.01 Å². The van der Waals surface area contributed by atoms with Crippen LogP contribution in [0.4, 0.5) is 5.69 Å². The molecule has 1 fully saturated rings. The summed E-state index contributed by atoms with van der Waals surface area (Å²) in [7, 11) is 0. The summed E-state index contributed by atoms with van der Waals surface area (Å²) in [5.41, 5.74) is 1.43. The quantitative estimate of drug-likeness (QED) is 0.548. The summed E-state index contributed by atoms with van der Waals surface area (Å²) in [5.74, 6) is -0.437. The van der Waals surface area contributed by atoms with Crippen molar-refractivity contribution < 1.29 is 14.3 Å². The summed E-state index contributed by atoms with van der Waals surface area (Å²) in [5, 5.41) is 4.46. The summed E-state index contributed by atoms with van der Waals surface area (Å²) in [6.07, 6.45) is 0.161. The van der Waals surface area contributed by atoms with Gasteiger partial charge in [0.15, 0.2) is 0 Å². The molecule has 1 heterocycles. The van der Waals surface area contributed by atoms with E-state index in [1.807, 2.05) is 62.0 Å². The minimum atomic E-state index is -0.648. The third kappa shape index (κ3) is 6.42. The lowest BCUT2D eigenvalue weighted by molar-refractivity contribution is -0.146. The number of carbonyl (C=O) groups is 2. The smallest absolute Gasteiger partial charge is 0.303 e. The SMILES string of the molecule is C=C([C@@H](CC=O)OC(C)=O)N1CCN1c1ccccc1Cl.CC.CC. The van der Waals surface area contributed by atoms with E-state index in [0.29, 0.717) is 10.7 Å². The second-order valence-electron chi connectivity index (χ2n) is 4.69. The molecule has 0 amide bonds. The number of hydrogen-bond acceptors (Lipinski definition) is 5. The first-order chi connectivity index (χ1) is 12.0. The van der Waals surface area contributed by atoms with Gasteiger partial charge in [0.2, 0.25) is 0 Å². The van der Waals surface area contributed by atoms with Gasteiger partial charge in [-0.15, -0.1) is 0 Å². The minimum absolute atomic E-state index is 0.0886. The first kappa shape index (κ1) is 23.0. The minimum Gasteiger partial charge on any atom is -0.456 e. The number of benzene rings is 1. The number of hydrazine groups is 1. The van der Waals surface area contributed by atoms with Crippen LogP contribution in [0, 0.1) is 0 Å². The van der Waals surface area contributed by atoms with Crippen molar-refractivity contribution in [3.05, 3.63) is 41.6 Å². The molecule has 2 rings (SSSR count). The van der Waals surface area contributed by atoms with Crippen molar-refractivity contribution >= 4 is 29.5 Å². The molecular weight excluding hydrogens is 340 g/mol. The Labute approximate surface area is 156 Å². The van der Waals surface area contributed by atoms with E-state index in [0.717, 1.165) is 25.1 Å². The van der Waals surface area contributed by atoms with Gasteiger partial charge in [0.05, 0.1) is 29.5 Å². The van der Waals surface area contributed by atoms with E-state index in [4.69, 9.17) is 16.3 Å². The molecule has 5 nitrogen and oxygen atoms in total. The highest BCUT2D eigenvalue weighted by Crippen LogP contribution is 2.32. The highest BCUT2D eigenvalue weighted by Gasteiger charge is 2.32. The monoisotopic (exact) mass is 368 g/mol. The highest BCUT2D eigenvalue weighted by molar-refractivity contribution is 6.33. The average Bonchev–Trinajstić information content (AvgIpc) is 2.59. The van der Waals surface area contributed by atoms with Crippen LogP contribution >= 0.6 is 11.6 Å². The Hall–Kier alpha value is -2.01. The zero-order chi connectivity index (χ0) is 19.4. The zero-order valence-electron chi connectivity index (χ0n) is 15.8. The number of hydrogen-bond donors (Lipinski definition) is 0. The lowest BCUT2D eigenvalue weighted by Crippen LogP contribution is -2.58. The summed E-state index contributed by atoms with van der Waals surface area (Å²) in [6, 6.07) is 7.47. The van der Waals surface area contributed by atoms with Gasteiger partial charge in [-0.05, 0) is 12.1 Å². The number of carbonyl (C=O) groups excluding carboxylic acids is 2. The molecule has 0 saturated carbocycles. The van der Waals surface area contributed by atoms with Crippen molar-refractivity contribution in [2.75, 3.05) is 18.1 Å². The van der Waals surface area contributed by atoms with E-state index in [1.165, 1.54) is 6.92 Å². The highest BCUT2D eigenvalue weighted by atomic mass is 35.5. The number of anilines is 1. The van der Waals surface area contributed by atoms with Gasteiger partial charge in [0.1, 0.15) is 12.4 Å². The second-order valence-corrected chi connectivity index (χ2v) is 5.10. The van der Waals surface area contributed by atoms with E-state index < -0.39 is 12.1 Å². The van der Waals surface area contributed by atoms with Gasteiger partial charge in [0, 0.05) is 13.3 Å². The van der Waals surface area contributed by atoms with Crippen LogP contribution in [-0.2, 0) is 14.3 Å². The predicted molar refractivity (Wildman–Crippen MR) is 104 cm³/mol. The number of esters is 1. The number of ether oxygens (including phenoxy) is 1. The van der Waals surface area contributed by atoms with Gasteiger partial charge < -0.3 is 9.53 Å². The Morgan fingerprint density at radius 2 is 1.88 bits per heavy atom. The Morgan fingerprint density at radius 1 is 1.28 bits per heavy atom. The summed E-state index contributed by atoms with van der Waals surface area (Å²) in [4.78, 5) is 21.9. The maximum atomic E-state index is 11.1. The fourth-order valence-corrected chi connectivity index (χ4v) is 2.45. The molecule has 140 valence electrons. The fraction of sp³-hybridized carbons (Fsp3) is 0.474. The standard InChI is InChI=1S/C15H17ClN2O3.2C2H6/c1-11(15(7-10-19)21-12(2)20)17-8-9-18(17)14-6-4-3-5-13(14)16;2*1-2/h3-6,10,15H,1,7-9H2,2H3;2*1-2H3/t15-;;/m1../s1. The maximum absolute atomic E-state index is 11.1. The zero-order valence-corrected chi connectivity index (χ0v) is 16.5. The topological polar surface area (TPSA) is 49.9 Å². The molecular formula is C19H29ClN2O3. The molecule has 1 aliphatic heterocycles. The molecule has 6 heteroatoms. The van der Waals surface area contributed by atoms with Crippen molar-refractivity contribution in [2.45, 2.75) is 47.1 Å². The summed E-state index contributed by atoms with van der Waals surface area (Å²) >= 11 is 6.19. The largest absolute Gasteiger partial charge is 0.456 e. The third-order valence-corrected chi connectivity index (χ3v) is 3.59. The van der Waals surface area contributed by atoms with Gasteiger partial charge in [-0.1, -0.05) is 58.0 Å². The van der Waals surface area contributed by atoms with Crippen LogP contribution in [0.5, 0.6) is 0 Å². The number of para-hydroxylation sites is 1. The lowest BCUT2D eigenvalue weighted by Gasteiger charge is -2.49. The van der Waals surface area contributed by atoms with Crippen LogP contribution in [0.25, 0.3) is 0 Å². The van der Waals surface area contributed by atoms with Gasteiger partial charge in [-0.2, -0.15) is 0 Å². The molecule has 1 atom stereocenters. The van der Waals surface area contributed by atoms with Crippen molar-refractivity contribution in [3.63, 3.8) is 0 Å². The second kappa shape index (κ2) is 12.4. The molecule has 1 aromatic carbocycles. The van der Waals surface area contributed by atoms with Crippen molar-refractivity contribution in [2.24, 2.45) is 0 Å². The number of nitrogens with zero attached hydrogens (tertiary/aromatic N) is 2. The van der Waals surface area contributed by atoms with E-state index >= 15 is 0 Å². The molecule has 1 saturated heterocycles. The van der Waals surface area contributed by atoms with Crippen LogP contribution in [0.2, 0.25) is 5.02 Å². The third-order valence-electron chi connectivity index (χ3n) is 3.27. The summed E-state index contributed by atoms with van der Waals surface area (Å²) in [6.45, 7) is 14.8. The Morgan fingerprint density at radius 3 is 2.32 bits per heavy atom. The average molecular weight is 369 g/mol. The van der Waals surface area contributed by atoms with E-state index in [2.05, 4.69) is 6.58 Å². The molecule has 25 heavy (non-hydrogen) atoms. The predicted octanol–water partition coefficient (Wildman–Crippen LogP) is 4.46. The van der Waals surface area contributed by atoms with Gasteiger partial charge in [0.25, 0.3) is 0 Å². The van der Waals surface area contributed by atoms with E-state index in [-0.39, 0.29) is 6.42 Å². The van der Waals surface area contributed by atoms with Gasteiger partial charge in [-0.25, -0.2) is 0 Å². The molecule has 0 aromatic heterocycles. The molecule has 0 aliphatic carbocycles. The first-order valence-electron chi connectivity index (χ1n) is 8.63. The van der Waals surface area contributed by atoms with E-state index in [9.17, 15) is 9.59 Å². The number of aldehydes is 1. The molecule has 0 radical (unpaired) electrons. The van der Waals surface area contributed by atoms with Crippen LogP contribution in [0.15, 0.2) is 36.5 Å². The molecule has 1 aromatic rings. The van der Waals surface area contributed by atoms with Crippen molar-refractivity contribution in [1.29, 1.82) is 0 Å². The molecule has 1 aliphatic rings. The Bertz CT molecular complexity index is 563. The number of rotatable bonds is 6. The Kier molecular flexibility index (Phi) is 11.4. The maximum Gasteiger partial charge on any atom is 0.303 e. The van der Waals surface area contributed by atoms with Crippen LogP contribution in [-0.4, -0.2) is 36.5 Å². The van der Waals surface area contributed by atoms with E-state index in [1.54, 1.807) is 0 Å². The Balaban J connectivity index is 0.00000134.